The molecule has 3 rings (SSSR count). The van der Waals surface area contributed by atoms with E-state index in [9.17, 15) is 14.0 Å². The van der Waals surface area contributed by atoms with E-state index in [1.807, 2.05) is 0 Å². The fourth-order valence-corrected chi connectivity index (χ4v) is 2.89. The fraction of sp³-hybridized carbons (Fsp3) is 0.300. The molecule has 2 N–H and O–H groups in total. The summed E-state index contributed by atoms with van der Waals surface area (Å²) in [5, 5.41) is 4.90. The van der Waals surface area contributed by atoms with Gasteiger partial charge in [-0.3, -0.25) is 14.5 Å². The van der Waals surface area contributed by atoms with Crippen LogP contribution in [0.25, 0.3) is 0 Å². The van der Waals surface area contributed by atoms with E-state index in [4.69, 9.17) is 4.74 Å². The molecule has 0 aliphatic carbocycles. The summed E-state index contributed by atoms with van der Waals surface area (Å²) in [6, 6.07) is 13.6. The largest absolute Gasteiger partial charge is 0.379 e. The third kappa shape index (κ3) is 4.90. The molecule has 0 bridgehead atoms. The highest BCUT2D eigenvalue weighted by Gasteiger charge is 2.32. The van der Waals surface area contributed by atoms with E-state index in [1.54, 1.807) is 30.3 Å². The molecule has 8 heteroatoms. The molecular weight excluding hydrogens is 368 g/mol. The maximum Gasteiger partial charge on any atom is 0.255 e. The number of hydrogen-bond donors (Lipinski definition) is 2. The van der Waals surface area contributed by atoms with Crippen LogP contribution in [0, 0.1) is 5.82 Å². The molecule has 1 aliphatic rings. The van der Waals surface area contributed by atoms with Gasteiger partial charge in [-0.2, -0.15) is 0 Å². The molecule has 1 heterocycles. The number of carbonyl (C=O) groups excluding carboxylic acids is 2. The quantitative estimate of drug-likeness (QED) is 0.585. The lowest BCUT2D eigenvalue weighted by Crippen LogP contribution is -2.60. The predicted octanol–water partition coefficient (Wildman–Crippen LogP) is 1.94. The number of amides is 2. The molecule has 0 aromatic heterocycles. The highest BCUT2D eigenvalue weighted by molar-refractivity contribution is 5.96. The van der Waals surface area contributed by atoms with Gasteiger partial charge in [0.2, 0.25) is 0 Å². The Hall–Kier alpha value is -2.84. The summed E-state index contributed by atoms with van der Waals surface area (Å²) in [7, 11) is 0. The number of carbonyl (C=O) groups is 2. The lowest BCUT2D eigenvalue weighted by molar-refractivity contribution is -0.0369. The molecule has 6 nitrogen and oxygen atoms in total. The molecule has 2 aromatic rings. The van der Waals surface area contributed by atoms with E-state index in [-0.39, 0.29) is 5.56 Å². The molecule has 2 amide bonds. The number of rotatable bonds is 6. The minimum Gasteiger partial charge on any atom is -0.379 e. The van der Waals surface area contributed by atoms with Gasteiger partial charge >= 0.3 is 0 Å². The fourth-order valence-electron chi connectivity index (χ4n) is 2.89. The maximum atomic E-state index is 15.2. The van der Waals surface area contributed by atoms with E-state index in [1.165, 1.54) is 23.1 Å². The van der Waals surface area contributed by atoms with Crippen molar-refractivity contribution in [1.82, 2.24) is 15.5 Å². The van der Waals surface area contributed by atoms with Gasteiger partial charge in [-0.1, -0.05) is 30.3 Å². The minimum absolute atomic E-state index is 0.226. The van der Waals surface area contributed by atoms with Gasteiger partial charge in [0.05, 0.1) is 18.8 Å². The van der Waals surface area contributed by atoms with E-state index < -0.39 is 30.1 Å². The number of halogens is 2. The molecule has 2 atom stereocenters. The van der Waals surface area contributed by atoms with Crippen molar-refractivity contribution >= 4 is 11.8 Å². The summed E-state index contributed by atoms with van der Waals surface area (Å²) in [6.45, 7) is 1.32. The van der Waals surface area contributed by atoms with Crippen LogP contribution in [0.1, 0.15) is 20.7 Å². The average Bonchev–Trinajstić information content (AvgIpc) is 2.74. The summed E-state index contributed by atoms with van der Waals surface area (Å²) < 4.78 is 34.3. The van der Waals surface area contributed by atoms with Crippen LogP contribution in [-0.2, 0) is 4.74 Å². The molecule has 28 heavy (non-hydrogen) atoms. The number of nitrogens with zero attached hydrogens (tertiary/aromatic N) is 1. The zero-order valence-electron chi connectivity index (χ0n) is 15.1. The van der Waals surface area contributed by atoms with Crippen molar-refractivity contribution in [2.24, 2.45) is 0 Å². The highest BCUT2D eigenvalue weighted by Crippen LogP contribution is 2.12. The van der Waals surface area contributed by atoms with Crippen LogP contribution in [0.4, 0.5) is 8.78 Å². The monoisotopic (exact) mass is 389 g/mol. The van der Waals surface area contributed by atoms with Gasteiger partial charge in [-0.25, -0.2) is 8.78 Å². The Kier molecular flexibility index (Phi) is 6.67. The lowest BCUT2D eigenvalue weighted by Gasteiger charge is -2.34. The molecule has 148 valence electrons. The third-order valence-electron chi connectivity index (χ3n) is 4.40. The van der Waals surface area contributed by atoms with Crippen LogP contribution in [0.2, 0.25) is 0 Å². The summed E-state index contributed by atoms with van der Waals surface area (Å²) in [5.41, 5.74) is 0.0949. The van der Waals surface area contributed by atoms with Crippen LogP contribution in [-0.4, -0.2) is 55.5 Å². The first-order valence-corrected chi connectivity index (χ1v) is 8.93. The number of benzene rings is 2. The van der Waals surface area contributed by atoms with E-state index in [0.717, 1.165) is 6.07 Å². The summed E-state index contributed by atoms with van der Waals surface area (Å²) in [4.78, 5) is 26.4. The molecule has 1 aliphatic heterocycles. The first kappa shape index (κ1) is 19.9. The van der Waals surface area contributed by atoms with Crippen molar-refractivity contribution in [3.8, 4) is 0 Å². The number of hydrogen-bond acceptors (Lipinski definition) is 4. The third-order valence-corrected chi connectivity index (χ3v) is 4.40. The molecule has 0 saturated carbocycles. The Morgan fingerprint density at radius 1 is 0.929 bits per heavy atom. The van der Waals surface area contributed by atoms with Crippen molar-refractivity contribution < 1.29 is 23.1 Å². The highest BCUT2D eigenvalue weighted by atomic mass is 19.1. The molecular formula is C20H21F2N3O3. The maximum absolute atomic E-state index is 15.2. The standard InChI is InChI=1S/C20H21F2N3O3/c21-16-9-5-4-8-15(16)20(27)24-18(17(22)25-10-12-28-13-11-25)23-19(26)14-6-2-1-3-7-14/h1-9,17-18H,10-13H2,(H,23,26)(H,24,27). The van der Waals surface area contributed by atoms with E-state index >= 15 is 4.39 Å². The van der Waals surface area contributed by atoms with Gasteiger partial charge in [0, 0.05) is 18.7 Å². The van der Waals surface area contributed by atoms with Crippen molar-refractivity contribution in [1.29, 1.82) is 0 Å². The Balaban J connectivity index is 1.78. The molecule has 0 spiro atoms. The van der Waals surface area contributed by atoms with Crippen LogP contribution in [0.3, 0.4) is 0 Å². The van der Waals surface area contributed by atoms with Gasteiger partial charge in [-0.15, -0.1) is 0 Å². The van der Waals surface area contributed by atoms with Crippen molar-refractivity contribution in [3.05, 3.63) is 71.5 Å². The Bertz CT molecular complexity index is 813. The second kappa shape index (κ2) is 9.38. The molecule has 2 aromatic carbocycles. The zero-order valence-corrected chi connectivity index (χ0v) is 15.1. The van der Waals surface area contributed by atoms with Crippen molar-refractivity contribution in [2.75, 3.05) is 26.3 Å². The zero-order chi connectivity index (χ0) is 19.9. The normalized spacial score (nSPS) is 16.8. The summed E-state index contributed by atoms with van der Waals surface area (Å²) in [5.74, 6) is -2.09. The lowest BCUT2D eigenvalue weighted by atomic mass is 10.2. The average molecular weight is 389 g/mol. The summed E-state index contributed by atoms with van der Waals surface area (Å²) in [6.07, 6.45) is -3.06. The topological polar surface area (TPSA) is 70.7 Å². The number of nitrogens with one attached hydrogen (secondary N) is 2. The van der Waals surface area contributed by atoms with E-state index in [0.29, 0.717) is 31.9 Å². The van der Waals surface area contributed by atoms with Gasteiger partial charge < -0.3 is 15.4 Å². The van der Waals surface area contributed by atoms with Crippen LogP contribution in [0.5, 0.6) is 0 Å². The van der Waals surface area contributed by atoms with Gasteiger partial charge in [0.1, 0.15) is 12.0 Å². The molecule has 2 unspecified atom stereocenters. The second-order valence-electron chi connectivity index (χ2n) is 6.29. The molecule has 0 radical (unpaired) electrons. The second-order valence-corrected chi connectivity index (χ2v) is 6.29. The first-order valence-electron chi connectivity index (χ1n) is 8.93. The predicted molar refractivity (Wildman–Crippen MR) is 98.9 cm³/mol. The van der Waals surface area contributed by atoms with Gasteiger partial charge in [0.25, 0.3) is 11.8 Å². The first-order chi connectivity index (χ1) is 13.6. The van der Waals surface area contributed by atoms with Crippen LogP contribution in [0.15, 0.2) is 54.6 Å². The smallest absolute Gasteiger partial charge is 0.255 e. The summed E-state index contributed by atoms with van der Waals surface area (Å²) >= 11 is 0. The number of ether oxygens (including phenoxy) is 1. The van der Waals surface area contributed by atoms with Crippen LogP contribution >= 0.6 is 0 Å². The van der Waals surface area contributed by atoms with Crippen LogP contribution < -0.4 is 10.6 Å². The van der Waals surface area contributed by atoms with Crippen molar-refractivity contribution in [3.63, 3.8) is 0 Å². The molecule has 1 saturated heterocycles. The SMILES string of the molecule is O=C(NC(NC(=O)c1ccccc1F)C(F)N1CCOCC1)c1ccccc1. The Morgan fingerprint density at radius 2 is 1.54 bits per heavy atom. The van der Waals surface area contributed by atoms with E-state index in [2.05, 4.69) is 10.6 Å². The van der Waals surface area contributed by atoms with Gasteiger partial charge in [0.15, 0.2) is 6.30 Å². The Labute approximate surface area is 161 Å². The van der Waals surface area contributed by atoms with Gasteiger partial charge in [-0.05, 0) is 24.3 Å². The number of morpholine rings is 1. The Morgan fingerprint density at radius 3 is 2.21 bits per heavy atom. The van der Waals surface area contributed by atoms with Crippen molar-refractivity contribution in [2.45, 2.75) is 12.5 Å². The minimum atomic E-state index is -1.70. The molecule has 1 fully saturated rings. The number of alkyl halides is 1.